The van der Waals surface area contributed by atoms with Crippen molar-refractivity contribution in [3.8, 4) is 0 Å². The number of hydrogen-bond acceptors (Lipinski definition) is 2. The fraction of sp³-hybridized carbons (Fsp3) is 0. The summed E-state index contributed by atoms with van der Waals surface area (Å²) in [5.41, 5.74) is 0.608. The smallest absolute Gasteiger partial charge is 0.265 e. The molecule has 0 saturated carbocycles. The van der Waals surface area contributed by atoms with Crippen LogP contribution in [0.5, 0.6) is 0 Å². The molecule has 0 unspecified atom stereocenters. The first-order valence-corrected chi connectivity index (χ1v) is 7.97. The molecule has 21 heavy (non-hydrogen) atoms. The molecule has 0 spiro atoms. The van der Waals surface area contributed by atoms with Crippen LogP contribution in [0.3, 0.4) is 0 Å². The molecule has 0 aliphatic heterocycles. The molecule has 3 rings (SSSR count). The highest BCUT2D eigenvalue weighted by atomic mass is 79.9. The van der Waals surface area contributed by atoms with Gasteiger partial charge in [-0.25, -0.2) is 4.39 Å². The Labute approximate surface area is 137 Å². The number of halogens is 3. The normalized spacial score (nSPS) is 10.8. The van der Waals surface area contributed by atoms with E-state index < -0.39 is 0 Å². The average molecular weight is 385 g/mol. The highest BCUT2D eigenvalue weighted by Crippen LogP contribution is 2.28. The van der Waals surface area contributed by atoms with Crippen molar-refractivity contribution < 1.29 is 9.18 Å². The molecule has 0 atom stereocenters. The van der Waals surface area contributed by atoms with Crippen molar-refractivity contribution in [1.29, 1.82) is 0 Å². The number of nitrogens with one attached hydrogen (secondary N) is 1. The quantitative estimate of drug-likeness (QED) is 0.602. The van der Waals surface area contributed by atoms with Gasteiger partial charge in [0.25, 0.3) is 5.91 Å². The minimum Gasteiger partial charge on any atom is -0.321 e. The molecule has 1 N–H and O–H groups in total. The third kappa shape index (κ3) is 3.10. The lowest BCUT2D eigenvalue weighted by Gasteiger charge is -2.04. The molecule has 1 heterocycles. The van der Waals surface area contributed by atoms with Crippen LogP contribution in [0.1, 0.15) is 9.67 Å². The van der Waals surface area contributed by atoms with Crippen molar-refractivity contribution in [2.75, 3.05) is 5.32 Å². The van der Waals surface area contributed by atoms with Gasteiger partial charge in [-0.2, -0.15) is 0 Å². The Kier molecular flexibility index (Phi) is 3.97. The van der Waals surface area contributed by atoms with Crippen LogP contribution in [-0.2, 0) is 0 Å². The number of fused-ring (bicyclic) bond motifs is 1. The monoisotopic (exact) mass is 383 g/mol. The van der Waals surface area contributed by atoms with Crippen LogP contribution in [-0.4, -0.2) is 5.91 Å². The number of carbonyl (C=O) groups excluding carboxylic acids is 1. The highest BCUT2D eigenvalue weighted by molar-refractivity contribution is 9.10. The number of hydrogen-bond donors (Lipinski definition) is 1. The topological polar surface area (TPSA) is 29.1 Å². The lowest BCUT2D eigenvalue weighted by molar-refractivity contribution is 0.103. The summed E-state index contributed by atoms with van der Waals surface area (Å²) in [5, 5.41) is 4.14. The van der Waals surface area contributed by atoms with Crippen LogP contribution < -0.4 is 5.32 Å². The maximum absolute atomic E-state index is 13.2. The molecular formula is C15H8BrClFNOS. The molecule has 0 fully saturated rings. The van der Waals surface area contributed by atoms with E-state index in [1.54, 1.807) is 30.3 Å². The molecule has 0 bridgehead atoms. The summed E-state index contributed by atoms with van der Waals surface area (Å²) >= 11 is 10.5. The van der Waals surface area contributed by atoms with Gasteiger partial charge in [0.05, 0.1) is 9.90 Å². The number of amides is 1. The number of thiophene rings is 1. The van der Waals surface area contributed by atoms with E-state index in [4.69, 9.17) is 11.6 Å². The number of anilines is 1. The van der Waals surface area contributed by atoms with Gasteiger partial charge < -0.3 is 5.32 Å². The van der Waals surface area contributed by atoms with Crippen LogP contribution in [0.2, 0.25) is 5.02 Å². The molecule has 3 aromatic rings. The molecule has 0 radical (unpaired) electrons. The lowest BCUT2D eigenvalue weighted by Crippen LogP contribution is -2.09. The number of rotatable bonds is 2. The second-order valence-corrected chi connectivity index (χ2v) is 6.72. The van der Waals surface area contributed by atoms with Crippen LogP contribution >= 0.6 is 38.9 Å². The number of carbonyl (C=O) groups is 1. The summed E-state index contributed by atoms with van der Waals surface area (Å²) in [6.07, 6.45) is 0. The van der Waals surface area contributed by atoms with Gasteiger partial charge in [-0.15, -0.1) is 11.3 Å². The van der Waals surface area contributed by atoms with E-state index in [-0.39, 0.29) is 11.7 Å². The van der Waals surface area contributed by atoms with Gasteiger partial charge in [0.15, 0.2) is 0 Å². The van der Waals surface area contributed by atoms with E-state index >= 15 is 0 Å². The summed E-state index contributed by atoms with van der Waals surface area (Å²) in [7, 11) is 0. The second-order valence-electron chi connectivity index (χ2n) is 4.38. The van der Waals surface area contributed by atoms with E-state index in [9.17, 15) is 9.18 Å². The largest absolute Gasteiger partial charge is 0.321 e. The van der Waals surface area contributed by atoms with Gasteiger partial charge in [-0.1, -0.05) is 17.7 Å². The fourth-order valence-electron chi connectivity index (χ4n) is 1.88. The van der Waals surface area contributed by atoms with Crippen molar-refractivity contribution >= 4 is 60.5 Å². The Hall–Kier alpha value is -1.43. The van der Waals surface area contributed by atoms with Crippen LogP contribution in [0.15, 0.2) is 46.9 Å². The summed E-state index contributed by atoms with van der Waals surface area (Å²) in [6, 6.07) is 11.4. The standard InChI is InChI=1S/C15H8BrClFNOS/c16-11-4-3-10(7-12(11)17)19-15(20)14-5-8-1-2-9(18)6-13(8)21-14/h1-7H,(H,19,20). The lowest BCUT2D eigenvalue weighted by atomic mass is 10.2. The first-order valence-electron chi connectivity index (χ1n) is 5.98. The van der Waals surface area contributed by atoms with Gasteiger partial charge in [0, 0.05) is 14.9 Å². The number of benzene rings is 2. The third-order valence-corrected chi connectivity index (χ3v) is 5.21. The molecule has 2 nitrogen and oxygen atoms in total. The average Bonchev–Trinajstić information content (AvgIpc) is 2.86. The zero-order chi connectivity index (χ0) is 15.0. The minimum absolute atomic E-state index is 0.241. The predicted molar refractivity (Wildman–Crippen MR) is 88.9 cm³/mol. The molecule has 0 aliphatic carbocycles. The second kappa shape index (κ2) is 5.75. The first-order chi connectivity index (χ1) is 10.0. The maximum Gasteiger partial charge on any atom is 0.265 e. The first kappa shape index (κ1) is 14.5. The summed E-state index contributed by atoms with van der Waals surface area (Å²) in [4.78, 5) is 12.7. The molecule has 106 valence electrons. The Balaban J connectivity index is 1.87. The van der Waals surface area contributed by atoms with E-state index in [1.165, 1.54) is 23.5 Å². The van der Waals surface area contributed by atoms with Gasteiger partial charge in [0.2, 0.25) is 0 Å². The Bertz CT molecular complexity index is 849. The fourth-order valence-corrected chi connectivity index (χ4v) is 3.29. The van der Waals surface area contributed by atoms with Crippen molar-refractivity contribution in [3.05, 3.63) is 62.7 Å². The zero-order valence-electron chi connectivity index (χ0n) is 10.5. The minimum atomic E-state index is -0.309. The summed E-state index contributed by atoms with van der Waals surface area (Å²) in [5.74, 6) is -0.550. The van der Waals surface area contributed by atoms with Gasteiger partial charge >= 0.3 is 0 Å². The Morgan fingerprint density at radius 2 is 2.00 bits per heavy atom. The van der Waals surface area contributed by atoms with Crippen molar-refractivity contribution in [2.45, 2.75) is 0 Å². The molecule has 6 heteroatoms. The third-order valence-electron chi connectivity index (χ3n) is 2.88. The molecule has 0 saturated heterocycles. The zero-order valence-corrected chi connectivity index (χ0v) is 13.7. The Morgan fingerprint density at radius 3 is 2.76 bits per heavy atom. The van der Waals surface area contributed by atoms with Crippen LogP contribution in [0.25, 0.3) is 10.1 Å². The maximum atomic E-state index is 13.2. The molecule has 2 aromatic carbocycles. The molecule has 1 amide bonds. The van der Waals surface area contributed by atoms with E-state index in [2.05, 4.69) is 21.2 Å². The van der Waals surface area contributed by atoms with Crippen molar-refractivity contribution in [3.63, 3.8) is 0 Å². The summed E-state index contributed by atoms with van der Waals surface area (Å²) < 4.78 is 14.7. The molecule has 1 aromatic heterocycles. The van der Waals surface area contributed by atoms with Gasteiger partial charge in [0.1, 0.15) is 5.82 Å². The van der Waals surface area contributed by atoms with E-state index in [0.29, 0.717) is 15.6 Å². The van der Waals surface area contributed by atoms with E-state index in [0.717, 1.165) is 14.6 Å². The molecular weight excluding hydrogens is 377 g/mol. The van der Waals surface area contributed by atoms with E-state index in [1.807, 2.05) is 0 Å². The Morgan fingerprint density at radius 1 is 1.19 bits per heavy atom. The highest BCUT2D eigenvalue weighted by Gasteiger charge is 2.11. The summed E-state index contributed by atoms with van der Waals surface area (Å²) in [6.45, 7) is 0. The predicted octanol–water partition coefficient (Wildman–Crippen LogP) is 5.71. The van der Waals surface area contributed by atoms with Gasteiger partial charge in [-0.05, 0) is 57.7 Å². The molecule has 0 aliphatic rings. The van der Waals surface area contributed by atoms with Gasteiger partial charge in [-0.3, -0.25) is 4.79 Å². The SMILES string of the molecule is O=C(Nc1ccc(Br)c(Cl)c1)c1cc2ccc(F)cc2s1. The van der Waals surface area contributed by atoms with Crippen molar-refractivity contribution in [1.82, 2.24) is 0 Å². The van der Waals surface area contributed by atoms with Crippen molar-refractivity contribution in [2.24, 2.45) is 0 Å². The van der Waals surface area contributed by atoms with Crippen LogP contribution in [0.4, 0.5) is 10.1 Å². The van der Waals surface area contributed by atoms with Crippen LogP contribution in [0, 0.1) is 5.82 Å².